The van der Waals surface area contributed by atoms with E-state index < -0.39 is 0 Å². The molecule has 0 spiro atoms. The van der Waals surface area contributed by atoms with Gasteiger partial charge < -0.3 is 4.74 Å². The van der Waals surface area contributed by atoms with Gasteiger partial charge in [-0.25, -0.2) is 0 Å². The molecule has 1 aromatic rings. The van der Waals surface area contributed by atoms with Gasteiger partial charge in [0.15, 0.2) is 0 Å². The van der Waals surface area contributed by atoms with Gasteiger partial charge in [-0.2, -0.15) is 0 Å². The molecule has 0 radical (unpaired) electrons. The lowest BCUT2D eigenvalue weighted by Gasteiger charge is -2.22. The molecule has 1 heterocycles. The van der Waals surface area contributed by atoms with Gasteiger partial charge in [-0.15, -0.1) is 0 Å². The van der Waals surface area contributed by atoms with E-state index in [1.807, 2.05) is 6.07 Å². The van der Waals surface area contributed by atoms with Crippen molar-refractivity contribution in [3.8, 4) is 0 Å². The molecule has 2 heteroatoms. The second kappa shape index (κ2) is 3.95. The van der Waals surface area contributed by atoms with Crippen molar-refractivity contribution >= 4 is 0 Å². The number of hydrogen-bond donors (Lipinski definition) is 1. The Morgan fingerprint density at radius 2 is 1.87 bits per heavy atom. The zero-order chi connectivity index (χ0) is 10.1. The first-order chi connectivity index (χ1) is 7.43. The fourth-order valence-corrected chi connectivity index (χ4v) is 2.66. The van der Waals surface area contributed by atoms with Crippen LogP contribution in [-0.4, -0.2) is 12.1 Å². The van der Waals surface area contributed by atoms with E-state index in [0.717, 1.165) is 0 Å². The van der Waals surface area contributed by atoms with Gasteiger partial charge in [0.2, 0.25) is 0 Å². The molecule has 3 rings (SSSR count). The van der Waals surface area contributed by atoms with E-state index in [0.29, 0.717) is 12.1 Å². The van der Waals surface area contributed by atoms with Crippen molar-refractivity contribution in [2.24, 2.45) is 0 Å². The minimum atomic E-state index is 0.124. The second-order valence-corrected chi connectivity index (χ2v) is 4.52. The summed E-state index contributed by atoms with van der Waals surface area (Å²) in [6.45, 7) is 0. The summed E-state index contributed by atoms with van der Waals surface area (Å²) in [5, 5.41) is 3.59. The van der Waals surface area contributed by atoms with Crippen LogP contribution in [-0.2, 0) is 4.74 Å². The summed E-state index contributed by atoms with van der Waals surface area (Å²) in [5.74, 6) is 0. The third-order valence-corrected chi connectivity index (χ3v) is 3.48. The fourth-order valence-electron chi connectivity index (χ4n) is 2.66. The lowest BCUT2D eigenvalue weighted by atomic mass is 9.93. The molecule has 1 saturated carbocycles. The maximum Gasteiger partial charge on any atom is 0.135 e. The van der Waals surface area contributed by atoms with E-state index >= 15 is 0 Å². The van der Waals surface area contributed by atoms with Crippen molar-refractivity contribution in [1.29, 1.82) is 0 Å². The lowest BCUT2D eigenvalue weighted by Crippen LogP contribution is -2.33. The minimum absolute atomic E-state index is 0.124. The van der Waals surface area contributed by atoms with Crippen molar-refractivity contribution in [1.82, 2.24) is 5.32 Å². The number of rotatable bonds is 1. The fraction of sp³-hybridized carbons (Fsp3) is 0.538. The summed E-state index contributed by atoms with van der Waals surface area (Å²) in [6, 6.07) is 11.0. The normalized spacial score (nSPS) is 35.1. The Hall–Kier alpha value is -0.860. The van der Waals surface area contributed by atoms with Gasteiger partial charge in [-0.3, -0.25) is 5.32 Å². The molecule has 2 aliphatic rings. The highest BCUT2D eigenvalue weighted by Crippen LogP contribution is 2.32. The third kappa shape index (κ3) is 1.80. The van der Waals surface area contributed by atoms with E-state index in [1.165, 1.54) is 31.2 Å². The van der Waals surface area contributed by atoms with Crippen LogP contribution < -0.4 is 5.32 Å². The highest BCUT2D eigenvalue weighted by Gasteiger charge is 2.36. The molecule has 0 bridgehead atoms. The Labute approximate surface area is 90.6 Å². The monoisotopic (exact) mass is 203 g/mol. The zero-order valence-electron chi connectivity index (χ0n) is 8.86. The molecule has 0 aromatic heterocycles. The molecule has 0 amide bonds. The third-order valence-electron chi connectivity index (χ3n) is 3.48. The van der Waals surface area contributed by atoms with Crippen LogP contribution in [0.25, 0.3) is 0 Å². The van der Waals surface area contributed by atoms with E-state index in [1.54, 1.807) is 0 Å². The highest BCUT2D eigenvalue weighted by molar-refractivity contribution is 5.18. The molecule has 15 heavy (non-hydrogen) atoms. The van der Waals surface area contributed by atoms with Gasteiger partial charge in [0.25, 0.3) is 0 Å². The van der Waals surface area contributed by atoms with Crippen LogP contribution in [0.1, 0.15) is 37.5 Å². The predicted octanol–water partition coefficient (Wildman–Crippen LogP) is 2.62. The van der Waals surface area contributed by atoms with Gasteiger partial charge >= 0.3 is 0 Å². The van der Waals surface area contributed by atoms with E-state index in [9.17, 15) is 0 Å². The highest BCUT2D eigenvalue weighted by atomic mass is 16.5. The minimum Gasteiger partial charge on any atom is -0.354 e. The van der Waals surface area contributed by atoms with Crippen LogP contribution in [0.5, 0.6) is 0 Å². The van der Waals surface area contributed by atoms with Gasteiger partial charge in [0.05, 0.1) is 6.10 Å². The van der Waals surface area contributed by atoms with Crippen LogP contribution in [0.15, 0.2) is 30.3 Å². The van der Waals surface area contributed by atoms with E-state index in [2.05, 4.69) is 29.6 Å². The molecule has 80 valence electrons. The predicted molar refractivity (Wildman–Crippen MR) is 59.4 cm³/mol. The molecule has 1 aromatic carbocycles. The molecule has 2 nitrogen and oxygen atoms in total. The van der Waals surface area contributed by atoms with Gasteiger partial charge in [0, 0.05) is 6.04 Å². The number of hydrogen-bond acceptors (Lipinski definition) is 2. The Bertz CT molecular complexity index is 311. The second-order valence-electron chi connectivity index (χ2n) is 4.52. The van der Waals surface area contributed by atoms with Crippen LogP contribution >= 0.6 is 0 Å². The van der Waals surface area contributed by atoms with E-state index in [-0.39, 0.29) is 6.23 Å². The number of ether oxygens (including phenoxy) is 1. The van der Waals surface area contributed by atoms with E-state index in [4.69, 9.17) is 4.74 Å². The smallest absolute Gasteiger partial charge is 0.135 e. The van der Waals surface area contributed by atoms with Gasteiger partial charge in [-0.05, 0) is 18.4 Å². The average Bonchev–Trinajstić information content (AvgIpc) is 2.74. The van der Waals surface area contributed by atoms with Crippen molar-refractivity contribution in [2.75, 3.05) is 0 Å². The first kappa shape index (κ1) is 9.37. The standard InChI is InChI=1S/C13H17NO/c1-2-6-10(7-3-1)13-14-11-8-4-5-9-12(11)15-13/h1-3,6-7,11-14H,4-5,8-9H2. The summed E-state index contributed by atoms with van der Waals surface area (Å²) in [5.41, 5.74) is 1.26. The number of benzene rings is 1. The van der Waals surface area contributed by atoms with Crippen molar-refractivity contribution in [2.45, 2.75) is 44.1 Å². The molecule has 1 saturated heterocycles. The topological polar surface area (TPSA) is 21.3 Å². The molecule has 1 aliphatic carbocycles. The summed E-state index contributed by atoms with van der Waals surface area (Å²) in [6.07, 6.45) is 5.74. The maximum absolute atomic E-state index is 6.04. The first-order valence-electron chi connectivity index (χ1n) is 5.90. The van der Waals surface area contributed by atoms with Crippen molar-refractivity contribution in [3.63, 3.8) is 0 Å². The molecule has 3 atom stereocenters. The largest absolute Gasteiger partial charge is 0.354 e. The van der Waals surface area contributed by atoms with Crippen LogP contribution in [0.3, 0.4) is 0 Å². The molecular weight excluding hydrogens is 186 g/mol. The summed E-state index contributed by atoms with van der Waals surface area (Å²) < 4.78 is 6.04. The van der Waals surface area contributed by atoms with Crippen LogP contribution in [0, 0.1) is 0 Å². The first-order valence-corrected chi connectivity index (χ1v) is 5.90. The van der Waals surface area contributed by atoms with Crippen LogP contribution in [0.4, 0.5) is 0 Å². The van der Waals surface area contributed by atoms with Crippen molar-refractivity contribution < 1.29 is 4.74 Å². The molecule has 1 N–H and O–H groups in total. The van der Waals surface area contributed by atoms with Gasteiger partial charge in [0.1, 0.15) is 6.23 Å². The SMILES string of the molecule is c1ccc(C2NC3CCCCC3O2)cc1. The Balaban J connectivity index is 1.75. The Morgan fingerprint density at radius 3 is 2.67 bits per heavy atom. The van der Waals surface area contributed by atoms with Crippen LogP contribution in [0.2, 0.25) is 0 Å². The average molecular weight is 203 g/mol. The summed E-state index contributed by atoms with van der Waals surface area (Å²) in [4.78, 5) is 0. The lowest BCUT2D eigenvalue weighted by molar-refractivity contribution is 0.0246. The summed E-state index contributed by atoms with van der Waals surface area (Å²) >= 11 is 0. The summed E-state index contributed by atoms with van der Waals surface area (Å²) in [7, 11) is 0. The molecule has 1 aliphatic heterocycles. The Morgan fingerprint density at radius 1 is 1.07 bits per heavy atom. The molecular formula is C13H17NO. The zero-order valence-corrected chi connectivity index (χ0v) is 8.86. The quantitative estimate of drug-likeness (QED) is 0.757. The number of fused-ring (bicyclic) bond motifs is 1. The molecule has 2 fully saturated rings. The van der Waals surface area contributed by atoms with Gasteiger partial charge in [-0.1, -0.05) is 43.2 Å². The number of nitrogens with one attached hydrogen (secondary N) is 1. The maximum atomic E-state index is 6.04. The molecule has 3 unspecified atom stereocenters. The Kier molecular flexibility index (Phi) is 2.47. The van der Waals surface area contributed by atoms with Crippen molar-refractivity contribution in [3.05, 3.63) is 35.9 Å².